The van der Waals surface area contributed by atoms with Crippen LogP contribution < -0.4 is 0 Å². The summed E-state index contributed by atoms with van der Waals surface area (Å²) in [7, 11) is -1.20. The molecule has 1 N–H and O–H groups in total. The van der Waals surface area contributed by atoms with Crippen molar-refractivity contribution in [3.8, 4) is 0 Å². The predicted molar refractivity (Wildman–Crippen MR) is 66.7 cm³/mol. The van der Waals surface area contributed by atoms with Crippen LogP contribution in [0.1, 0.15) is 37.9 Å². The van der Waals surface area contributed by atoms with Gasteiger partial charge in [-0.15, -0.1) is 0 Å². The molecule has 100 valence electrons. The van der Waals surface area contributed by atoms with Crippen molar-refractivity contribution in [2.75, 3.05) is 0 Å². The van der Waals surface area contributed by atoms with Gasteiger partial charge in [-0.2, -0.15) is 0 Å². The Kier molecular flexibility index (Phi) is 2.57. The van der Waals surface area contributed by atoms with Crippen LogP contribution in [-0.2, 0) is 22.5 Å². The van der Waals surface area contributed by atoms with E-state index < -0.39 is 25.9 Å². The summed E-state index contributed by atoms with van der Waals surface area (Å²) in [6.45, 7) is 0. The Labute approximate surface area is 107 Å². The van der Waals surface area contributed by atoms with Crippen LogP contribution in [0.25, 0.3) is 0 Å². The second-order valence-electron chi connectivity index (χ2n) is 5.57. The average Bonchev–Trinajstić information content (AvgIpc) is 2.68. The molecule has 0 amide bonds. The number of aryl methyl sites for hydroxylation is 1. The molecular weight excluding hydrogens is 252 g/mol. The highest BCUT2D eigenvalue weighted by Gasteiger charge is 2.52. The first-order valence-corrected chi connectivity index (χ1v) is 7.97. The highest BCUT2D eigenvalue weighted by molar-refractivity contribution is 7.92. The summed E-state index contributed by atoms with van der Waals surface area (Å²) < 4.78 is 26.2. The molecule has 3 rings (SSSR count). The van der Waals surface area contributed by atoms with E-state index in [-0.39, 0.29) is 12.8 Å². The van der Waals surface area contributed by atoms with Gasteiger partial charge in [-0.1, -0.05) is 6.42 Å². The van der Waals surface area contributed by atoms with E-state index in [9.17, 15) is 13.5 Å². The number of aliphatic hydroxyl groups is 1. The lowest BCUT2D eigenvalue weighted by atomic mass is 9.85. The zero-order chi connectivity index (χ0) is 13.0. The molecular formula is C12H18N2O3S. The van der Waals surface area contributed by atoms with Crippen LogP contribution in [0.3, 0.4) is 0 Å². The SMILES string of the molecule is Cn1ccnc1C1(O)CC2CCCC(C1)S2(=O)=O. The molecule has 2 aliphatic heterocycles. The van der Waals surface area contributed by atoms with Gasteiger partial charge in [-0.05, 0) is 12.8 Å². The monoisotopic (exact) mass is 270 g/mol. The standard InChI is InChI=1S/C12H18N2O3S/c1-14-6-5-13-11(14)12(15)7-9-3-2-4-10(8-12)18(9,16)17/h5-6,9-10,15H,2-4,7-8H2,1H3. The topological polar surface area (TPSA) is 72.2 Å². The third kappa shape index (κ3) is 1.62. The van der Waals surface area contributed by atoms with Crippen molar-refractivity contribution >= 4 is 9.84 Å². The predicted octanol–water partition coefficient (Wildman–Crippen LogP) is 0.737. The van der Waals surface area contributed by atoms with Gasteiger partial charge in [0.05, 0.1) is 10.5 Å². The lowest BCUT2D eigenvalue weighted by Crippen LogP contribution is -2.51. The van der Waals surface area contributed by atoms with Crippen LogP contribution in [0.4, 0.5) is 0 Å². The summed E-state index contributed by atoms with van der Waals surface area (Å²) in [5, 5.41) is 10.0. The van der Waals surface area contributed by atoms with Crippen molar-refractivity contribution in [2.24, 2.45) is 7.05 Å². The Morgan fingerprint density at radius 2 is 2.00 bits per heavy atom. The second kappa shape index (κ2) is 3.81. The van der Waals surface area contributed by atoms with Crippen LogP contribution >= 0.6 is 0 Å². The van der Waals surface area contributed by atoms with E-state index in [2.05, 4.69) is 4.98 Å². The van der Waals surface area contributed by atoms with Crippen molar-refractivity contribution in [3.05, 3.63) is 18.2 Å². The number of aromatic nitrogens is 2. The lowest BCUT2D eigenvalue weighted by Gasteiger charge is -2.43. The van der Waals surface area contributed by atoms with E-state index in [1.54, 1.807) is 17.0 Å². The highest BCUT2D eigenvalue weighted by Crippen LogP contribution is 2.45. The van der Waals surface area contributed by atoms with Crippen molar-refractivity contribution in [1.29, 1.82) is 0 Å². The lowest BCUT2D eigenvalue weighted by molar-refractivity contribution is -0.00561. The molecule has 0 spiro atoms. The number of rotatable bonds is 1. The first-order valence-electron chi connectivity index (χ1n) is 6.36. The van der Waals surface area contributed by atoms with Gasteiger partial charge in [0.2, 0.25) is 0 Å². The molecule has 0 aliphatic carbocycles. The van der Waals surface area contributed by atoms with Gasteiger partial charge < -0.3 is 9.67 Å². The Morgan fingerprint density at radius 3 is 2.50 bits per heavy atom. The van der Waals surface area contributed by atoms with E-state index in [0.29, 0.717) is 18.7 Å². The fourth-order valence-electron chi connectivity index (χ4n) is 3.44. The van der Waals surface area contributed by atoms with E-state index >= 15 is 0 Å². The minimum absolute atomic E-state index is 0.288. The van der Waals surface area contributed by atoms with Crippen LogP contribution in [0.5, 0.6) is 0 Å². The summed E-state index contributed by atoms with van der Waals surface area (Å²) in [5.74, 6) is 0.592. The third-order valence-electron chi connectivity index (χ3n) is 4.35. The highest BCUT2D eigenvalue weighted by atomic mass is 32.2. The number of fused-ring (bicyclic) bond motifs is 2. The molecule has 2 atom stereocenters. The minimum atomic E-state index is -3.04. The summed E-state index contributed by atoms with van der Waals surface area (Å²) in [5.41, 5.74) is -1.08. The van der Waals surface area contributed by atoms with Gasteiger partial charge in [-0.3, -0.25) is 0 Å². The maximum atomic E-state index is 12.2. The van der Waals surface area contributed by atoms with Gasteiger partial charge in [-0.25, -0.2) is 13.4 Å². The number of hydrogen-bond donors (Lipinski definition) is 1. The van der Waals surface area contributed by atoms with Gasteiger partial charge in [0.1, 0.15) is 11.4 Å². The molecule has 0 aromatic carbocycles. The van der Waals surface area contributed by atoms with Crippen molar-refractivity contribution < 1.29 is 13.5 Å². The van der Waals surface area contributed by atoms with E-state index in [1.165, 1.54) is 0 Å². The molecule has 3 heterocycles. The second-order valence-corrected chi connectivity index (χ2v) is 8.08. The molecule has 0 saturated carbocycles. The summed E-state index contributed by atoms with van der Waals surface area (Å²) in [6.07, 6.45) is 6.30. The first-order chi connectivity index (χ1) is 8.43. The Balaban J connectivity index is 2.01. The molecule has 2 bridgehead atoms. The molecule has 18 heavy (non-hydrogen) atoms. The van der Waals surface area contributed by atoms with Gasteiger partial charge in [0.25, 0.3) is 0 Å². The van der Waals surface area contributed by atoms with Crippen LogP contribution in [-0.4, -0.2) is 33.6 Å². The average molecular weight is 270 g/mol. The maximum Gasteiger partial charge on any atom is 0.156 e. The molecule has 0 radical (unpaired) electrons. The Morgan fingerprint density at radius 1 is 1.39 bits per heavy atom. The van der Waals surface area contributed by atoms with Crippen molar-refractivity contribution in [2.45, 2.75) is 48.2 Å². The maximum absolute atomic E-state index is 12.2. The summed E-state index contributed by atoms with van der Waals surface area (Å²) in [6, 6.07) is 0. The fraction of sp³-hybridized carbons (Fsp3) is 0.750. The van der Waals surface area contributed by atoms with E-state index in [4.69, 9.17) is 0 Å². The molecule has 1 aromatic heterocycles. The Bertz CT molecular complexity index is 544. The molecule has 2 unspecified atom stereocenters. The quantitative estimate of drug-likeness (QED) is 0.817. The van der Waals surface area contributed by atoms with Crippen LogP contribution in [0.15, 0.2) is 12.4 Å². The molecule has 1 aromatic rings. The molecule has 6 heteroatoms. The van der Waals surface area contributed by atoms with Crippen LogP contribution in [0.2, 0.25) is 0 Å². The third-order valence-corrected chi connectivity index (χ3v) is 7.01. The minimum Gasteiger partial charge on any atom is -0.382 e. The zero-order valence-corrected chi connectivity index (χ0v) is 11.2. The van der Waals surface area contributed by atoms with Crippen molar-refractivity contribution in [1.82, 2.24) is 9.55 Å². The number of hydrogen-bond acceptors (Lipinski definition) is 4. The van der Waals surface area contributed by atoms with Crippen molar-refractivity contribution in [3.63, 3.8) is 0 Å². The smallest absolute Gasteiger partial charge is 0.156 e. The largest absolute Gasteiger partial charge is 0.382 e. The summed E-state index contributed by atoms with van der Waals surface area (Å²) >= 11 is 0. The first kappa shape index (κ1) is 12.2. The Hall–Kier alpha value is -0.880. The number of sulfone groups is 1. The van der Waals surface area contributed by atoms with E-state index in [1.807, 2.05) is 7.05 Å². The molecule has 2 fully saturated rings. The van der Waals surface area contributed by atoms with Gasteiger partial charge in [0, 0.05) is 32.3 Å². The van der Waals surface area contributed by atoms with Gasteiger partial charge >= 0.3 is 0 Å². The van der Waals surface area contributed by atoms with Crippen LogP contribution in [0, 0.1) is 0 Å². The number of nitrogens with zero attached hydrogens (tertiary/aromatic N) is 2. The molecule has 5 nitrogen and oxygen atoms in total. The zero-order valence-electron chi connectivity index (χ0n) is 10.4. The summed E-state index contributed by atoms with van der Waals surface area (Å²) in [4.78, 5) is 4.20. The number of imidazole rings is 1. The normalized spacial score (nSPS) is 38.6. The van der Waals surface area contributed by atoms with E-state index in [0.717, 1.165) is 6.42 Å². The fourth-order valence-corrected chi connectivity index (χ4v) is 5.99. The van der Waals surface area contributed by atoms with Gasteiger partial charge in [0.15, 0.2) is 9.84 Å². The molecule has 2 aliphatic rings. The molecule has 2 saturated heterocycles.